The minimum absolute atomic E-state index is 0.0265. The molecule has 1 aromatic carbocycles. The normalized spacial score (nSPS) is 15.3. The van der Waals surface area contributed by atoms with Crippen molar-refractivity contribution in [3.63, 3.8) is 0 Å². The molecule has 1 saturated heterocycles. The summed E-state index contributed by atoms with van der Waals surface area (Å²) in [6.45, 7) is 5.02. The van der Waals surface area contributed by atoms with Gasteiger partial charge in [-0.25, -0.2) is 13.1 Å². The lowest BCUT2D eigenvalue weighted by atomic mass is 10.3. The average molecular weight is 326 g/mol. The number of benzene rings is 1. The van der Waals surface area contributed by atoms with E-state index in [1.165, 1.54) is 12.1 Å². The molecule has 1 N–H and O–H groups in total. The van der Waals surface area contributed by atoms with Crippen molar-refractivity contribution in [2.24, 2.45) is 0 Å². The van der Waals surface area contributed by atoms with Crippen LogP contribution in [-0.2, 0) is 14.8 Å². The van der Waals surface area contributed by atoms with Crippen LogP contribution in [0.4, 0.5) is 0 Å². The monoisotopic (exact) mass is 326 g/mol. The van der Waals surface area contributed by atoms with E-state index in [-0.39, 0.29) is 23.5 Å². The van der Waals surface area contributed by atoms with E-state index in [9.17, 15) is 13.2 Å². The van der Waals surface area contributed by atoms with Crippen LogP contribution in [0.25, 0.3) is 0 Å². The number of amides is 1. The minimum Gasteiger partial charge on any atom is -0.491 e. The molecular formula is C15H22N2O4S. The van der Waals surface area contributed by atoms with E-state index >= 15 is 0 Å². The molecule has 6 nitrogen and oxygen atoms in total. The average Bonchev–Trinajstić information content (AvgIpc) is 2.99. The predicted octanol–water partition coefficient (Wildman–Crippen LogP) is 1.37. The van der Waals surface area contributed by atoms with Crippen molar-refractivity contribution in [3.05, 3.63) is 24.3 Å². The van der Waals surface area contributed by atoms with E-state index in [0.717, 1.165) is 12.8 Å². The van der Waals surface area contributed by atoms with E-state index in [4.69, 9.17) is 4.74 Å². The lowest BCUT2D eigenvalue weighted by molar-refractivity contribution is -0.128. The Morgan fingerprint density at radius 1 is 1.23 bits per heavy atom. The smallest absolute Gasteiger partial charge is 0.241 e. The van der Waals surface area contributed by atoms with Gasteiger partial charge >= 0.3 is 0 Å². The number of nitrogens with one attached hydrogen (secondary N) is 1. The Morgan fingerprint density at radius 3 is 2.36 bits per heavy atom. The number of sulfonamides is 1. The molecule has 1 heterocycles. The van der Waals surface area contributed by atoms with Gasteiger partial charge in [0, 0.05) is 13.1 Å². The van der Waals surface area contributed by atoms with Crippen LogP contribution >= 0.6 is 0 Å². The van der Waals surface area contributed by atoms with Crippen molar-refractivity contribution in [1.29, 1.82) is 0 Å². The third kappa shape index (κ3) is 4.45. The summed E-state index contributed by atoms with van der Waals surface area (Å²) in [5.74, 6) is 0.433. The van der Waals surface area contributed by atoms with Crippen LogP contribution in [0.1, 0.15) is 26.7 Å². The highest BCUT2D eigenvalue weighted by Crippen LogP contribution is 2.17. The highest BCUT2D eigenvalue weighted by Gasteiger charge is 2.21. The molecule has 7 heteroatoms. The fourth-order valence-electron chi connectivity index (χ4n) is 2.29. The van der Waals surface area contributed by atoms with Crippen LogP contribution in [0.5, 0.6) is 5.75 Å². The van der Waals surface area contributed by atoms with Gasteiger partial charge in [-0.3, -0.25) is 4.79 Å². The summed E-state index contributed by atoms with van der Waals surface area (Å²) >= 11 is 0. The fraction of sp³-hybridized carbons (Fsp3) is 0.533. The first-order valence-electron chi connectivity index (χ1n) is 7.42. The summed E-state index contributed by atoms with van der Waals surface area (Å²) in [7, 11) is -3.68. The first-order chi connectivity index (χ1) is 10.4. The van der Waals surface area contributed by atoms with E-state index in [0.29, 0.717) is 18.8 Å². The molecule has 0 radical (unpaired) electrons. The Morgan fingerprint density at radius 2 is 1.82 bits per heavy atom. The maximum Gasteiger partial charge on any atom is 0.241 e. The zero-order chi connectivity index (χ0) is 16.2. The number of rotatable bonds is 6. The predicted molar refractivity (Wildman–Crippen MR) is 83.2 cm³/mol. The van der Waals surface area contributed by atoms with E-state index in [1.54, 1.807) is 17.0 Å². The maximum absolute atomic E-state index is 12.2. The van der Waals surface area contributed by atoms with Gasteiger partial charge in [-0.15, -0.1) is 0 Å². The second-order valence-electron chi connectivity index (χ2n) is 5.55. The number of carbonyl (C=O) groups is 1. The van der Waals surface area contributed by atoms with Crippen molar-refractivity contribution >= 4 is 15.9 Å². The summed E-state index contributed by atoms with van der Waals surface area (Å²) < 4.78 is 32.1. The summed E-state index contributed by atoms with van der Waals surface area (Å²) in [6.07, 6.45) is 1.99. The Balaban J connectivity index is 1.96. The summed E-state index contributed by atoms with van der Waals surface area (Å²) in [5.41, 5.74) is 0. The molecular weight excluding hydrogens is 304 g/mol. The third-order valence-corrected chi connectivity index (χ3v) is 4.80. The van der Waals surface area contributed by atoms with Crippen LogP contribution in [0.15, 0.2) is 29.2 Å². The van der Waals surface area contributed by atoms with Gasteiger partial charge in [0.1, 0.15) is 5.75 Å². The Hall–Kier alpha value is -1.60. The summed E-state index contributed by atoms with van der Waals surface area (Å²) in [4.78, 5) is 13.7. The van der Waals surface area contributed by atoms with E-state index in [1.807, 2.05) is 13.8 Å². The van der Waals surface area contributed by atoms with Crippen LogP contribution in [-0.4, -0.2) is 45.0 Å². The van der Waals surface area contributed by atoms with Gasteiger partial charge in [-0.2, -0.15) is 0 Å². The topological polar surface area (TPSA) is 75.7 Å². The van der Waals surface area contributed by atoms with Crippen molar-refractivity contribution in [2.75, 3.05) is 19.6 Å². The highest BCUT2D eigenvalue weighted by molar-refractivity contribution is 7.89. The zero-order valence-electron chi connectivity index (χ0n) is 12.9. The molecule has 1 aromatic rings. The summed E-state index contributed by atoms with van der Waals surface area (Å²) in [6, 6.07) is 6.16. The molecule has 0 aromatic heterocycles. The van der Waals surface area contributed by atoms with Gasteiger partial charge in [0.15, 0.2) is 0 Å². The number of hydrogen-bond donors (Lipinski definition) is 1. The standard InChI is InChI=1S/C15H22N2O4S/c1-12(2)21-13-5-7-14(8-6-13)22(19,20)16-11-15(18)17-9-3-4-10-17/h5-8,12,16H,3-4,9-11H2,1-2H3. The molecule has 0 atom stereocenters. The second kappa shape index (κ2) is 7.11. The number of hydrogen-bond acceptors (Lipinski definition) is 4. The van der Waals surface area contributed by atoms with Crippen LogP contribution < -0.4 is 9.46 Å². The number of ether oxygens (including phenoxy) is 1. The highest BCUT2D eigenvalue weighted by atomic mass is 32.2. The number of likely N-dealkylation sites (tertiary alicyclic amines) is 1. The fourth-order valence-corrected chi connectivity index (χ4v) is 3.26. The van der Waals surface area contributed by atoms with Crippen LogP contribution in [0.2, 0.25) is 0 Å². The first kappa shape index (κ1) is 16.8. The summed E-state index contributed by atoms with van der Waals surface area (Å²) in [5, 5.41) is 0. The SMILES string of the molecule is CC(C)Oc1ccc(S(=O)(=O)NCC(=O)N2CCCC2)cc1. The third-order valence-electron chi connectivity index (χ3n) is 3.38. The van der Waals surface area contributed by atoms with Gasteiger partial charge < -0.3 is 9.64 Å². The van der Waals surface area contributed by atoms with Crippen molar-refractivity contribution in [2.45, 2.75) is 37.7 Å². The van der Waals surface area contributed by atoms with Crippen LogP contribution in [0, 0.1) is 0 Å². The Bertz CT molecular complexity index is 605. The molecule has 22 heavy (non-hydrogen) atoms. The molecule has 1 amide bonds. The Kier molecular flexibility index (Phi) is 5.42. The molecule has 1 fully saturated rings. The van der Waals surface area contributed by atoms with Gasteiger partial charge in [0.25, 0.3) is 0 Å². The lowest BCUT2D eigenvalue weighted by Gasteiger charge is -2.15. The Labute approximate surface area is 131 Å². The molecule has 1 aliphatic heterocycles. The number of nitrogens with zero attached hydrogens (tertiary/aromatic N) is 1. The van der Waals surface area contributed by atoms with Gasteiger partial charge in [0.2, 0.25) is 15.9 Å². The molecule has 0 aliphatic carbocycles. The van der Waals surface area contributed by atoms with Crippen LogP contribution in [0.3, 0.4) is 0 Å². The van der Waals surface area contributed by atoms with Gasteiger partial charge in [-0.05, 0) is 51.0 Å². The quantitative estimate of drug-likeness (QED) is 0.857. The minimum atomic E-state index is -3.68. The molecule has 1 aliphatic rings. The maximum atomic E-state index is 12.2. The molecule has 0 saturated carbocycles. The lowest BCUT2D eigenvalue weighted by Crippen LogP contribution is -2.38. The van der Waals surface area contributed by atoms with E-state index in [2.05, 4.69) is 4.72 Å². The first-order valence-corrected chi connectivity index (χ1v) is 8.91. The molecule has 0 bridgehead atoms. The molecule has 2 rings (SSSR count). The number of carbonyl (C=O) groups excluding carboxylic acids is 1. The van der Waals surface area contributed by atoms with Crippen molar-refractivity contribution < 1.29 is 17.9 Å². The van der Waals surface area contributed by atoms with Crippen molar-refractivity contribution in [1.82, 2.24) is 9.62 Å². The van der Waals surface area contributed by atoms with Gasteiger partial charge in [0.05, 0.1) is 17.5 Å². The zero-order valence-corrected chi connectivity index (χ0v) is 13.7. The van der Waals surface area contributed by atoms with E-state index < -0.39 is 10.0 Å². The van der Waals surface area contributed by atoms with Crippen molar-refractivity contribution in [3.8, 4) is 5.75 Å². The molecule has 122 valence electrons. The molecule has 0 unspecified atom stereocenters. The molecule has 0 spiro atoms. The van der Waals surface area contributed by atoms with Gasteiger partial charge in [-0.1, -0.05) is 0 Å². The largest absolute Gasteiger partial charge is 0.491 e. The second-order valence-corrected chi connectivity index (χ2v) is 7.32.